The first-order valence-electron chi connectivity index (χ1n) is 10.5. The average molecular weight is 399 g/mol. The van der Waals surface area contributed by atoms with Gasteiger partial charge in [0.05, 0.1) is 11.4 Å². The van der Waals surface area contributed by atoms with Gasteiger partial charge in [-0.2, -0.15) is 0 Å². The van der Waals surface area contributed by atoms with Crippen LogP contribution in [0.3, 0.4) is 0 Å². The number of nitrogens with one attached hydrogen (secondary N) is 1. The largest absolute Gasteiger partial charge is 0.381 e. The lowest BCUT2D eigenvalue weighted by Gasteiger charge is -2.52. The van der Waals surface area contributed by atoms with Crippen molar-refractivity contribution >= 4 is 17.7 Å². The Kier molecular flexibility index (Phi) is 4.61. The van der Waals surface area contributed by atoms with Gasteiger partial charge in [-0.1, -0.05) is 37.3 Å². The monoisotopic (exact) mass is 398 g/mol. The third kappa shape index (κ3) is 2.78. The molecular formula is C23H30N2O2S. The first-order chi connectivity index (χ1) is 13.6. The first-order valence-corrected chi connectivity index (χ1v) is 11.5. The van der Waals surface area contributed by atoms with Crippen LogP contribution in [-0.2, 0) is 14.9 Å². The number of hydrogen-bond donors (Lipinski definition) is 2. The second-order valence-electron chi connectivity index (χ2n) is 9.19. The molecule has 1 amide bonds. The summed E-state index contributed by atoms with van der Waals surface area (Å²) in [4.78, 5) is 12.7. The third-order valence-electron chi connectivity index (χ3n) is 7.79. The Balaban J connectivity index is 1.52. The van der Waals surface area contributed by atoms with Crippen molar-refractivity contribution in [2.24, 2.45) is 23.5 Å². The maximum absolute atomic E-state index is 12.7. The Morgan fingerprint density at radius 3 is 2.68 bits per heavy atom. The Morgan fingerprint density at radius 1 is 1.29 bits per heavy atom. The van der Waals surface area contributed by atoms with E-state index in [-0.39, 0.29) is 34.6 Å². The van der Waals surface area contributed by atoms with E-state index >= 15 is 0 Å². The van der Waals surface area contributed by atoms with Crippen molar-refractivity contribution in [3.8, 4) is 0 Å². The zero-order valence-corrected chi connectivity index (χ0v) is 17.5. The van der Waals surface area contributed by atoms with Gasteiger partial charge in [-0.05, 0) is 47.6 Å². The third-order valence-corrected chi connectivity index (χ3v) is 8.93. The normalized spacial score (nSPS) is 40.5. The summed E-state index contributed by atoms with van der Waals surface area (Å²) in [6, 6.07) is 9.38. The molecule has 3 fully saturated rings. The number of amides is 1. The fraction of sp³-hybridized carbons (Fsp3) is 0.609. The highest BCUT2D eigenvalue weighted by Crippen LogP contribution is 2.53. The lowest BCUT2D eigenvalue weighted by atomic mass is 9.60. The van der Waals surface area contributed by atoms with Gasteiger partial charge < -0.3 is 15.8 Å². The van der Waals surface area contributed by atoms with Crippen LogP contribution in [0.25, 0.3) is 0 Å². The average Bonchev–Trinajstić information content (AvgIpc) is 3.36. The Morgan fingerprint density at radius 2 is 2.04 bits per heavy atom. The number of rotatable bonds is 4. The fourth-order valence-corrected chi connectivity index (χ4v) is 7.04. The van der Waals surface area contributed by atoms with Crippen LogP contribution in [0.4, 0.5) is 0 Å². The molecule has 7 atom stereocenters. The molecule has 1 aromatic carbocycles. The van der Waals surface area contributed by atoms with Gasteiger partial charge in [-0.15, -0.1) is 11.8 Å². The van der Waals surface area contributed by atoms with Crippen LogP contribution in [0.15, 0.2) is 35.7 Å². The molecular weight excluding hydrogens is 368 g/mol. The highest BCUT2D eigenvalue weighted by molar-refractivity contribution is 8.03. The number of methoxy groups -OCH3 is 1. The number of thioether (sulfide) groups is 1. The minimum Gasteiger partial charge on any atom is -0.381 e. The molecule has 1 aromatic rings. The maximum Gasteiger partial charge on any atom is 0.234 e. The second-order valence-corrected chi connectivity index (χ2v) is 10.2. The minimum atomic E-state index is 0.0119. The zero-order valence-electron chi connectivity index (χ0n) is 16.6. The molecule has 2 aliphatic heterocycles. The van der Waals surface area contributed by atoms with Gasteiger partial charge in [-0.25, -0.2) is 0 Å². The van der Waals surface area contributed by atoms with E-state index in [1.165, 1.54) is 24.0 Å². The molecule has 4 aliphatic rings. The van der Waals surface area contributed by atoms with Crippen LogP contribution in [0.5, 0.6) is 0 Å². The highest BCUT2D eigenvalue weighted by Gasteiger charge is 2.54. The molecule has 28 heavy (non-hydrogen) atoms. The number of hydrogen-bond acceptors (Lipinski definition) is 4. The van der Waals surface area contributed by atoms with Crippen molar-refractivity contribution in [1.29, 1.82) is 0 Å². The van der Waals surface area contributed by atoms with Crippen LogP contribution < -0.4 is 11.1 Å². The standard InChI is InChI=1S/C23H30N2O2S/c1-13-11-17(27-2)18(14-3-5-15(6-4-14)23(12-24)8-9-23)19-16-7-10-28-21(16)22(26)25-20(13)19/h3-7,10,13,16-21H,8-9,11-12,24H2,1-2H3,(H,25,26). The summed E-state index contributed by atoms with van der Waals surface area (Å²) >= 11 is 1.67. The smallest absolute Gasteiger partial charge is 0.234 e. The molecule has 150 valence electrons. The summed E-state index contributed by atoms with van der Waals surface area (Å²) in [5.41, 5.74) is 8.96. The van der Waals surface area contributed by atoms with Crippen LogP contribution in [0.2, 0.25) is 0 Å². The summed E-state index contributed by atoms with van der Waals surface area (Å²) in [5, 5.41) is 5.50. The number of nitrogens with two attached hydrogens (primary N) is 1. The van der Waals surface area contributed by atoms with Crippen LogP contribution in [0.1, 0.15) is 43.2 Å². The van der Waals surface area contributed by atoms with E-state index in [4.69, 9.17) is 10.5 Å². The molecule has 0 bridgehead atoms. The van der Waals surface area contributed by atoms with E-state index in [2.05, 4.69) is 48.0 Å². The van der Waals surface area contributed by atoms with Gasteiger partial charge in [0.15, 0.2) is 0 Å². The molecule has 0 radical (unpaired) electrons. The number of carbonyl (C=O) groups excluding carboxylic acids is 1. The summed E-state index contributed by atoms with van der Waals surface area (Å²) in [6.45, 7) is 2.99. The van der Waals surface area contributed by atoms with Crippen molar-refractivity contribution in [1.82, 2.24) is 5.32 Å². The van der Waals surface area contributed by atoms with Gasteiger partial charge in [0.1, 0.15) is 0 Å². The highest BCUT2D eigenvalue weighted by atomic mass is 32.2. The molecule has 1 saturated heterocycles. The lowest BCUT2D eigenvalue weighted by Crippen LogP contribution is -2.62. The van der Waals surface area contributed by atoms with Crippen molar-refractivity contribution in [2.75, 3.05) is 13.7 Å². The quantitative estimate of drug-likeness (QED) is 0.818. The SMILES string of the molecule is COC1CC(C)C2NC(=O)C3SC=CC3C2C1c1ccc(C2(CN)CC2)cc1. The van der Waals surface area contributed by atoms with Crippen molar-refractivity contribution < 1.29 is 9.53 Å². The van der Waals surface area contributed by atoms with Gasteiger partial charge in [0.25, 0.3) is 0 Å². The van der Waals surface area contributed by atoms with Crippen LogP contribution >= 0.6 is 11.8 Å². The summed E-state index contributed by atoms with van der Waals surface area (Å²) in [5.74, 6) is 1.58. The predicted molar refractivity (Wildman–Crippen MR) is 113 cm³/mol. The first kappa shape index (κ1) is 18.7. The van der Waals surface area contributed by atoms with Crippen molar-refractivity contribution in [3.05, 3.63) is 46.9 Å². The van der Waals surface area contributed by atoms with Crippen LogP contribution in [-0.4, -0.2) is 37.0 Å². The summed E-state index contributed by atoms with van der Waals surface area (Å²) in [6.07, 6.45) is 5.83. The molecule has 5 rings (SSSR count). The Hall–Kier alpha value is -1.30. The molecule has 7 unspecified atom stereocenters. The van der Waals surface area contributed by atoms with Gasteiger partial charge in [0.2, 0.25) is 5.91 Å². The minimum absolute atomic E-state index is 0.0119. The number of ether oxygens (including phenoxy) is 1. The predicted octanol–water partition coefficient (Wildman–Crippen LogP) is 3.18. The van der Waals surface area contributed by atoms with E-state index in [0.29, 0.717) is 17.8 Å². The number of allylic oxidation sites excluding steroid dienone is 1. The second kappa shape index (κ2) is 6.89. The van der Waals surface area contributed by atoms with Gasteiger partial charge >= 0.3 is 0 Å². The Labute approximate surface area is 171 Å². The van der Waals surface area contributed by atoms with E-state index in [9.17, 15) is 4.79 Å². The fourth-order valence-electron chi connectivity index (χ4n) is 5.95. The molecule has 4 nitrogen and oxygen atoms in total. The molecule has 2 saturated carbocycles. The zero-order chi connectivity index (χ0) is 19.5. The maximum atomic E-state index is 12.7. The van der Waals surface area contributed by atoms with E-state index < -0.39 is 0 Å². The van der Waals surface area contributed by atoms with E-state index in [0.717, 1.165) is 13.0 Å². The Bertz CT molecular complexity index is 788. The van der Waals surface area contributed by atoms with E-state index in [1.54, 1.807) is 11.8 Å². The van der Waals surface area contributed by atoms with E-state index in [1.807, 2.05) is 7.11 Å². The topological polar surface area (TPSA) is 64.3 Å². The molecule has 0 aromatic heterocycles. The number of carbonyl (C=O) groups is 1. The summed E-state index contributed by atoms with van der Waals surface area (Å²) < 4.78 is 6.02. The number of fused-ring (bicyclic) bond motifs is 3. The molecule has 5 heteroatoms. The molecule has 0 spiro atoms. The molecule has 3 N–H and O–H groups in total. The van der Waals surface area contributed by atoms with Gasteiger partial charge in [-0.3, -0.25) is 4.79 Å². The molecule has 2 heterocycles. The molecule has 2 aliphatic carbocycles. The number of piperidine rings is 1. The van der Waals surface area contributed by atoms with Crippen molar-refractivity contribution in [3.63, 3.8) is 0 Å². The van der Waals surface area contributed by atoms with Crippen molar-refractivity contribution in [2.45, 2.75) is 54.9 Å². The summed E-state index contributed by atoms with van der Waals surface area (Å²) in [7, 11) is 1.84. The number of benzene rings is 1. The van der Waals surface area contributed by atoms with Crippen LogP contribution in [0, 0.1) is 17.8 Å². The lowest BCUT2D eigenvalue weighted by molar-refractivity contribution is -0.128. The van der Waals surface area contributed by atoms with Gasteiger partial charge in [0, 0.05) is 36.9 Å².